The average molecular weight is 297 g/mol. The Balaban J connectivity index is 2.44. The van der Waals surface area contributed by atoms with Crippen LogP contribution in [0.15, 0.2) is 30.3 Å². The molecule has 0 saturated heterocycles. The second-order valence-corrected chi connectivity index (χ2v) is 5.09. The second-order valence-electron chi connectivity index (χ2n) is 5.09. The number of rotatable bonds is 4. The van der Waals surface area contributed by atoms with Gasteiger partial charge >= 0.3 is 0 Å². The highest BCUT2D eigenvalue weighted by atomic mass is 19.1. The summed E-state index contributed by atoms with van der Waals surface area (Å²) in [6.07, 6.45) is 0. The molecule has 0 atom stereocenters. The van der Waals surface area contributed by atoms with Crippen LogP contribution in [-0.2, 0) is 6.54 Å². The lowest BCUT2D eigenvalue weighted by molar-refractivity contribution is 0.545. The van der Waals surface area contributed by atoms with Crippen LogP contribution >= 0.6 is 0 Å². The third-order valence-corrected chi connectivity index (χ3v) is 3.04. The Labute approximate surface area is 120 Å². The minimum atomic E-state index is -1.01. The number of hydrogen-bond donors (Lipinski definition) is 1. The average Bonchev–Trinajstić information content (AvgIpc) is 2.37. The monoisotopic (exact) mass is 297 g/mol. The molecule has 5 heteroatoms. The van der Waals surface area contributed by atoms with Crippen LogP contribution in [0, 0.1) is 23.3 Å². The lowest BCUT2D eigenvalue weighted by Gasteiger charge is -2.11. The molecule has 0 amide bonds. The van der Waals surface area contributed by atoms with Gasteiger partial charge in [-0.25, -0.2) is 17.6 Å². The molecular weight excluding hydrogens is 282 g/mol. The molecule has 0 aliphatic carbocycles. The Kier molecular flexibility index (Phi) is 4.63. The van der Waals surface area contributed by atoms with Crippen LogP contribution in [0.1, 0.15) is 19.4 Å². The maximum absolute atomic E-state index is 13.8. The first kappa shape index (κ1) is 15.5. The Hall–Kier alpha value is -1.88. The Morgan fingerprint density at radius 1 is 0.905 bits per heavy atom. The van der Waals surface area contributed by atoms with Gasteiger partial charge in [-0.3, -0.25) is 0 Å². The molecule has 2 rings (SSSR count). The normalized spacial score (nSPS) is 11.2. The molecule has 2 aromatic carbocycles. The number of halogens is 4. The van der Waals surface area contributed by atoms with Crippen molar-refractivity contribution in [3.63, 3.8) is 0 Å². The van der Waals surface area contributed by atoms with Gasteiger partial charge in [-0.05, 0) is 17.7 Å². The SMILES string of the molecule is CC(C)NCc1cc(-c2c(F)cc(F)cc2F)ccc1F. The first-order valence-electron chi connectivity index (χ1n) is 6.55. The summed E-state index contributed by atoms with van der Waals surface area (Å²) in [5, 5.41) is 3.03. The van der Waals surface area contributed by atoms with E-state index in [1.807, 2.05) is 13.8 Å². The molecule has 2 aromatic rings. The maximum Gasteiger partial charge on any atom is 0.136 e. The summed E-state index contributed by atoms with van der Waals surface area (Å²) in [5.41, 5.74) is 0.110. The first-order chi connectivity index (χ1) is 9.88. The highest BCUT2D eigenvalue weighted by molar-refractivity contribution is 5.65. The van der Waals surface area contributed by atoms with Crippen molar-refractivity contribution in [1.82, 2.24) is 5.32 Å². The Morgan fingerprint density at radius 2 is 1.52 bits per heavy atom. The van der Waals surface area contributed by atoms with Crippen molar-refractivity contribution in [3.05, 3.63) is 59.2 Å². The van der Waals surface area contributed by atoms with E-state index in [1.54, 1.807) is 0 Å². The fraction of sp³-hybridized carbons (Fsp3) is 0.250. The summed E-state index contributed by atoms with van der Waals surface area (Å²) < 4.78 is 54.1. The summed E-state index contributed by atoms with van der Waals surface area (Å²) in [5.74, 6) is -3.48. The zero-order valence-corrected chi connectivity index (χ0v) is 11.7. The topological polar surface area (TPSA) is 12.0 Å². The third-order valence-electron chi connectivity index (χ3n) is 3.04. The van der Waals surface area contributed by atoms with Crippen LogP contribution in [0.5, 0.6) is 0 Å². The molecule has 0 aliphatic rings. The van der Waals surface area contributed by atoms with Crippen LogP contribution in [0.3, 0.4) is 0 Å². The molecule has 0 heterocycles. The van der Waals surface area contributed by atoms with Crippen molar-refractivity contribution >= 4 is 0 Å². The summed E-state index contributed by atoms with van der Waals surface area (Å²) in [6.45, 7) is 4.05. The van der Waals surface area contributed by atoms with Crippen molar-refractivity contribution < 1.29 is 17.6 Å². The molecule has 0 fully saturated rings. The zero-order chi connectivity index (χ0) is 15.6. The van der Waals surface area contributed by atoms with Gasteiger partial charge in [0.2, 0.25) is 0 Å². The number of nitrogens with one attached hydrogen (secondary N) is 1. The molecule has 21 heavy (non-hydrogen) atoms. The van der Waals surface area contributed by atoms with Gasteiger partial charge < -0.3 is 5.32 Å². The van der Waals surface area contributed by atoms with Crippen LogP contribution in [0.4, 0.5) is 17.6 Å². The summed E-state index contributed by atoms with van der Waals surface area (Å²) >= 11 is 0. The predicted molar refractivity (Wildman–Crippen MR) is 73.7 cm³/mol. The molecule has 1 nitrogen and oxygen atoms in total. The van der Waals surface area contributed by atoms with E-state index < -0.39 is 23.3 Å². The van der Waals surface area contributed by atoms with E-state index in [0.717, 1.165) is 6.07 Å². The predicted octanol–water partition coefficient (Wildman–Crippen LogP) is 4.41. The molecule has 0 spiro atoms. The molecule has 0 bridgehead atoms. The minimum Gasteiger partial charge on any atom is -0.310 e. The fourth-order valence-electron chi connectivity index (χ4n) is 2.00. The van der Waals surface area contributed by atoms with Gasteiger partial charge in [0.05, 0.1) is 5.56 Å². The molecule has 0 aliphatic heterocycles. The Bertz CT molecular complexity index is 630. The van der Waals surface area contributed by atoms with E-state index in [0.29, 0.717) is 17.7 Å². The second kappa shape index (κ2) is 6.26. The van der Waals surface area contributed by atoms with Gasteiger partial charge in [0, 0.05) is 30.3 Å². The lowest BCUT2D eigenvalue weighted by atomic mass is 10.0. The highest BCUT2D eigenvalue weighted by Gasteiger charge is 2.15. The lowest BCUT2D eigenvalue weighted by Crippen LogP contribution is -2.22. The zero-order valence-electron chi connectivity index (χ0n) is 11.7. The molecule has 0 aromatic heterocycles. The van der Waals surface area contributed by atoms with E-state index in [2.05, 4.69) is 5.32 Å². The molecule has 0 unspecified atom stereocenters. The van der Waals surface area contributed by atoms with E-state index in [1.165, 1.54) is 12.1 Å². The molecule has 0 radical (unpaired) electrons. The van der Waals surface area contributed by atoms with Gasteiger partial charge in [0.15, 0.2) is 0 Å². The largest absolute Gasteiger partial charge is 0.310 e. The maximum atomic E-state index is 13.8. The third kappa shape index (κ3) is 3.61. The highest BCUT2D eigenvalue weighted by Crippen LogP contribution is 2.28. The van der Waals surface area contributed by atoms with Crippen LogP contribution < -0.4 is 5.32 Å². The van der Waals surface area contributed by atoms with Crippen LogP contribution in [-0.4, -0.2) is 6.04 Å². The standard InChI is InChI=1S/C16H15F4N/c1-9(2)21-8-11-5-10(3-4-13(11)18)16-14(19)6-12(17)7-15(16)20/h3-7,9,21H,8H2,1-2H3. The van der Waals surface area contributed by atoms with E-state index in [-0.39, 0.29) is 23.7 Å². The van der Waals surface area contributed by atoms with E-state index in [4.69, 9.17) is 0 Å². The van der Waals surface area contributed by atoms with Crippen molar-refractivity contribution in [2.24, 2.45) is 0 Å². The number of benzene rings is 2. The van der Waals surface area contributed by atoms with Gasteiger partial charge in [0.25, 0.3) is 0 Å². The van der Waals surface area contributed by atoms with Gasteiger partial charge in [-0.15, -0.1) is 0 Å². The Morgan fingerprint density at radius 3 is 2.10 bits per heavy atom. The van der Waals surface area contributed by atoms with E-state index in [9.17, 15) is 17.6 Å². The van der Waals surface area contributed by atoms with Crippen molar-refractivity contribution in [1.29, 1.82) is 0 Å². The minimum absolute atomic E-state index is 0.146. The number of hydrogen-bond acceptors (Lipinski definition) is 1. The van der Waals surface area contributed by atoms with Gasteiger partial charge in [-0.1, -0.05) is 19.9 Å². The van der Waals surface area contributed by atoms with Gasteiger partial charge in [-0.2, -0.15) is 0 Å². The van der Waals surface area contributed by atoms with Gasteiger partial charge in [0.1, 0.15) is 23.3 Å². The quantitative estimate of drug-likeness (QED) is 0.824. The van der Waals surface area contributed by atoms with Crippen LogP contribution in [0.25, 0.3) is 11.1 Å². The molecule has 112 valence electrons. The smallest absolute Gasteiger partial charge is 0.136 e. The first-order valence-corrected chi connectivity index (χ1v) is 6.55. The van der Waals surface area contributed by atoms with Crippen molar-refractivity contribution in [3.8, 4) is 11.1 Å². The van der Waals surface area contributed by atoms with Crippen molar-refractivity contribution in [2.75, 3.05) is 0 Å². The summed E-state index contributed by atoms with van der Waals surface area (Å²) in [6, 6.07) is 5.14. The molecular formula is C16H15F4N. The summed E-state index contributed by atoms with van der Waals surface area (Å²) in [7, 11) is 0. The molecule has 1 N–H and O–H groups in total. The summed E-state index contributed by atoms with van der Waals surface area (Å²) in [4.78, 5) is 0. The molecule has 0 saturated carbocycles. The van der Waals surface area contributed by atoms with Crippen molar-refractivity contribution in [2.45, 2.75) is 26.4 Å². The van der Waals surface area contributed by atoms with Crippen LogP contribution in [0.2, 0.25) is 0 Å². The van der Waals surface area contributed by atoms with E-state index >= 15 is 0 Å². The fourth-order valence-corrected chi connectivity index (χ4v) is 2.00.